The molecule has 0 aliphatic heterocycles. The van der Waals surface area contributed by atoms with Gasteiger partial charge in [-0.25, -0.2) is 13.8 Å². The van der Waals surface area contributed by atoms with Crippen LogP contribution in [-0.4, -0.2) is 16.0 Å². The Morgan fingerprint density at radius 2 is 1.85 bits per heavy atom. The Labute approximate surface area is 146 Å². The minimum Gasteiger partial charge on any atom is -0.455 e. The monoisotopic (exact) mass is 392 g/mol. The molecule has 2 atom stereocenters. The molecule has 1 N–H and O–H groups in total. The summed E-state index contributed by atoms with van der Waals surface area (Å²) in [6.07, 6.45) is -11.3. The highest BCUT2D eigenvalue weighted by molar-refractivity contribution is 5.52. The number of aliphatic hydroxyl groups excluding tert-OH is 1. The zero-order valence-electron chi connectivity index (χ0n) is 12.9. The van der Waals surface area contributed by atoms with Gasteiger partial charge in [-0.2, -0.15) is 27.2 Å². The molecule has 0 radical (unpaired) electrons. The lowest BCUT2D eigenvalue weighted by Gasteiger charge is -2.16. The van der Waals surface area contributed by atoms with Gasteiger partial charge in [0.25, 0.3) is 0 Å². The van der Waals surface area contributed by atoms with Crippen molar-refractivity contribution in [1.29, 1.82) is 5.26 Å². The lowest BCUT2D eigenvalue weighted by atomic mass is 10.1. The predicted octanol–water partition coefficient (Wildman–Crippen LogP) is 4.60. The number of nitrogens with zero attached hydrogens (tertiary/aromatic N) is 2. The minimum atomic E-state index is -5.24. The maximum absolute atomic E-state index is 14.2. The van der Waals surface area contributed by atoms with Gasteiger partial charge in [0.15, 0.2) is 17.6 Å². The maximum Gasteiger partial charge on any atom is 0.433 e. The van der Waals surface area contributed by atoms with Gasteiger partial charge in [-0.05, 0) is 12.1 Å². The number of halogens is 7. The molecule has 1 aliphatic rings. The van der Waals surface area contributed by atoms with Crippen LogP contribution < -0.4 is 4.74 Å². The number of nitriles is 1. The van der Waals surface area contributed by atoms with Crippen molar-refractivity contribution in [3.8, 4) is 17.6 Å². The summed E-state index contributed by atoms with van der Waals surface area (Å²) in [5.74, 6) is -6.82. The van der Waals surface area contributed by atoms with Gasteiger partial charge >= 0.3 is 12.1 Å². The fourth-order valence-corrected chi connectivity index (χ4v) is 2.70. The molecule has 1 aliphatic carbocycles. The molecular weight excluding hydrogens is 385 g/mol. The summed E-state index contributed by atoms with van der Waals surface area (Å²) in [5.41, 5.74) is -4.80. The largest absolute Gasteiger partial charge is 0.455 e. The van der Waals surface area contributed by atoms with Crippen LogP contribution in [0.25, 0.3) is 0 Å². The number of hydrogen-bond donors (Lipinski definition) is 1. The van der Waals surface area contributed by atoms with Crippen LogP contribution in [0.15, 0.2) is 24.4 Å². The summed E-state index contributed by atoms with van der Waals surface area (Å²) < 4.78 is 99.4. The number of alkyl halides is 6. The molecule has 0 bridgehead atoms. The lowest BCUT2D eigenvalue weighted by molar-refractivity contribution is -0.154. The molecule has 1 aromatic heterocycles. The van der Waals surface area contributed by atoms with E-state index in [1.165, 1.54) is 0 Å². The minimum absolute atomic E-state index is 0.233. The van der Waals surface area contributed by atoms with E-state index in [0.29, 0.717) is 12.3 Å². The second-order valence-corrected chi connectivity index (χ2v) is 5.63. The fourth-order valence-electron chi connectivity index (χ4n) is 2.70. The Balaban J connectivity index is 2.18. The molecule has 4 nitrogen and oxygen atoms in total. The van der Waals surface area contributed by atoms with Crippen LogP contribution in [0.1, 0.15) is 34.7 Å². The average Bonchev–Trinajstić information content (AvgIpc) is 2.75. The van der Waals surface area contributed by atoms with Gasteiger partial charge in [0.1, 0.15) is 17.7 Å². The van der Waals surface area contributed by atoms with Gasteiger partial charge < -0.3 is 9.84 Å². The number of hydrogen-bond acceptors (Lipinski definition) is 4. The number of fused-ring (bicyclic) bond motifs is 1. The van der Waals surface area contributed by atoms with Crippen molar-refractivity contribution in [2.75, 3.05) is 0 Å². The number of pyridine rings is 1. The van der Waals surface area contributed by atoms with Gasteiger partial charge in [0.2, 0.25) is 0 Å². The van der Waals surface area contributed by atoms with Crippen molar-refractivity contribution in [2.45, 2.75) is 24.4 Å². The topological polar surface area (TPSA) is 66.1 Å². The number of benzene rings is 1. The third-order valence-electron chi connectivity index (χ3n) is 3.85. The van der Waals surface area contributed by atoms with E-state index < -0.39 is 58.5 Å². The first kappa shape index (κ1) is 18.9. The number of aromatic nitrogens is 1. The van der Waals surface area contributed by atoms with Gasteiger partial charge in [0, 0.05) is 17.2 Å². The van der Waals surface area contributed by atoms with Crippen molar-refractivity contribution >= 4 is 0 Å². The lowest BCUT2D eigenvalue weighted by Crippen LogP contribution is -2.25. The van der Waals surface area contributed by atoms with E-state index in [-0.39, 0.29) is 5.56 Å². The second kappa shape index (κ2) is 6.09. The number of rotatable bonds is 2. The average molecular weight is 392 g/mol. The predicted molar refractivity (Wildman–Crippen MR) is 74.2 cm³/mol. The highest BCUT2D eigenvalue weighted by Gasteiger charge is 2.60. The zero-order valence-corrected chi connectivity index (χ0v) is 12.9. The Bertz CT molecular complexity index is 953. The van der Waals surface area contributed by atoms with Gasteiger partial charge in [-0.3, -0.25) is 0 Å². The molecule has 1 heterocycles. The molecule has 0 saturated heterocycles. The highest BCUT2D eigenvalue weighted by Crippen LogP contribution is 2.57. The fraction of sp³-hybridized carbons (Fsp3) is 0.250. The molecule has 2 aromatic rings. The molecule has 27 heavy (non-hydrogen) atoms. The molecule has 0 saturated carbocycles. The quantitative estimate of drug-likeness (QED) is 0.759. The Kier molecular flexibility index (Phi) is 4.26. The Morgan fingerprint density at radius 1 is 1.19 bits per heavy atom. The first-order chi connectivity index (χ1) is 12.5. The second-order valence-electron chi connectivity index (χ2n) is 5.63. The molecule has 0 fully saturated rings. The van der Waals surface area contributed by atoms with Gasteiger partial charge in [-0.15, -0.1) is 0 Å². The third-order valence-corrected chi connectivity index (χ3v) is 3.85. The van der Waals surface area contributed by atoms with Crippen LogP contribution >= 0.6 is 0 Å². The molecule has 1 aromatic carbocycles. The van der Waals surface area contributed by atoms with E-state index in [9.17, 15) is 35.8 Å². The molecular formula is C16H7F7N2O2. The van der Waals surface area contributed by atoms with Crippen molar-refractivity contribution < 1.29 is 40.6 Å². The summed E-state index contributed by atoms with van der Waals surface area (Å²) in [6.45, 7) is 0. The van der Waals surface area contributed by atoms with Crippen molar-refractivity contribution in [3.63, 3.8) is 0 Å². The molecule has 11 heteroatoms. The Hall–Kier alpha value is -2.87. The first-order valence-corrected chi connectivity index (χ1v) is 7.15. The first-order valence-electron chi connectivity index (χ1n) is 7.15. The van der Waals surface area contributed by atoms with E-state index in [1.54, 1.807) is 6.07 Å². The van der Waals surface area contributed by atoms with Crippen LogP contribution in [0.5, 0.6) is 11.5 Å². The van der Waals surface area contributed by atoms with Crippen LogP contribution in [-0.2, 0) is 6.18 Å². The van der Waals surface area contributed by atoms with Crippen molar-refractivity contribution in [1.82, 2.24) is 4.98 Å². The van der Waals surface area contributed by atoms with E-state index >= 15 is 0 Å². The van der Waals surface area contributed by atoms with Crippen LogP contribution in [0.4, 0.5) is 30.7 Å². The van der Waals surface area contributed by atoms with Gasteiger partial charge in [0.05, 0.1) is 17.8 Å². The summed E-state index contributed by atoms with van der Waals surface area (Å²) >= 11 is 0. The van der Waals surface area contributed by atoms with Gasteiger partial charge in [-0.1, -0.05) is 0 Å². The van der Waals surface area contributed by atoms with Crippen LogP contribution in [0.3, 0.4) is 0 Å². The van der Waals surface area contributed by atoms with Crippen molar-refractivity contribution in [2.24, 2.45) is 0 Å². The van der Waals surface area contributed by atoms with Crippen molar-refractivity contribution in [3.05, 3.63) is 52.6 Å². The molecule has 3 rings (SSSR count). The van der Waals surface area contributed by atoms with Crippen LogP contribution in [0, 0.1) is 17.1 Å². The third kappa shape index (κ3) is 3.06. The molecule has 0 unspecified atom stereocenters. The number of ether oxygens (including phenoxy) is 1. The molecule has 142 valence electrons. The molecule has 0 spiro atoms. The smallest absolute Gasteiger partial charge is 0.433 e. The van der Waals surface area contributed by atoms with E-state index in [0.717, 1.165) is 12.1 Å². The summed E-state index contributed by atoms with van der Waals surface area (Å²) in [5, 5.41) is 18.3. The number of aliphatic hydroxyl groups is 1. The standard InChI is InChI=1S/C16H7F7N2O2/c17-7-1-6(4-24)2-8(3-7)27-9-5-25-13(16(21,22)23)11-10(9)12(18)15(19,20)14(11)26/h1-3,5,12,14,26H/t12-,14+/m1/s1. The Morgan fingerprint density at radius 3 is 2.44 bits per heavy atom. The summed E-state index contributed by atoms with van der Waals surface area (Å²) in [7, 11) is 0. The maximum atomic E-state index is 14.2. The molecule has 0 amide bonds. The normalized spacial score (nSPS) is 20.9. The van der Waals surface area contributed by atoms with E-state index in [1.807, 2.05) is 0 Å². The van der Waals surface area contributed by atoms with Crippen LogP contribution in [0.2, 0.25) is 0 Å². The van der Waals surface area contributed by atoms with E-state index in [4.69, 9.17) is 10.00 Å². The SMILES string of the molecule is N#Cc1cc(F)cc(Oc2cnc(C(F)(F)F)c3c2[C@@H](F)C(F)(F)[C@H]3O)c1. The zero-order chi connectivity index (χ0) is 20.1. The van der Waals surface area contributed by atoms with E-state index in [2.05, 4.69) is 4.98 Å². The summed E-state index contributed by atoms with van der Waals surface area (Å²) in [4.78, 5) is 2.96. The summed E-state index contributed by atoms with van der Waals surface area (Å²) in [6, 6.07) is 4.08. The highest BCUT2D eigenvalue weighted by atomic mass is 19.4.